The Bertz CT molecular complexity index is 364. The summed E-state index contributed by atoms with van der Waals surface area (Å²) in [6.07, 6.45) is 1.09. The summed E-state index contributed by atoms with van der Waals surface area (Å²) in [5, 5.41) is 9.24. The second-order valence-corrected chi connectivity index (χ2v) is 6.99. The first-order valence-electron chi connectivity index (χ1n) is 6.38. The highest BCUT2D eigenvalue weighted by Crippen LogP contribution is 2.56. The molecule has 1 rings (SSSR count). The van der Waals surface area contributed by atoms with Gasteiger partial charge in [0.2, 0.25) is 0 Å². The molecule has 0 aliphatic heterocycles. The third-order valence-electron chi connectivity index (χ3n) is 4.37. The van der Waals surface area contributed by atoms with Gasteiger partial charge in [0.05, 0.1) is 11.3 Å². The number of carboxylic acids is 1. The highest BCUT2D eigenvalue weighted by Gasteiger charge is 2.59. The van der Waals surface area contributed by atoms with Crippen LogP contribution < -0.4 is 0 Å². The molecule has 2 unspecified atom stereocenters. The number of rotatable bonds is 2. The number of aliphatic carboxylic acids is 1. The number of carbonyl (C=O) groups excluding carboxylic acids is 1. The highest BCUT2D eigenvalue weighted by atomic mass is 16.6. The summed E-state index contributed by atoms with van der Waals surface area (Å²) in [5.74, 6) is -1.61. The van der Waals surface area contributed by atoms with Crippen molar-refractivity contribution in [1.82, 2.24) is 0 Å². The molecule has 1 aliphatic carbocycles. The van der Waals surface area contributed by atoms with E-state index in [4.69, 9.17) is 4.74 Å². The number of hydrogen-bond acceptors (Lipinski definition) is 3. The van der Waals surface area contributed by atoms with E-state index in [-0.39, 0.29) is 5.97 Å². The van der Waals surface area contributed by atoms with Crippen LogP contribution in [0.5, 0.6) is 0 Å². The molecule has 4 heteroatoms. The van der Waals surface area contributed by atoms with Crippen LogP contribution in [0.2, 0.25) is 0 Å². The summed E-state index contributed by atoms with van der Waals surface area (Å²) >= 11 is 0. The summed E-state index contributed by atoms with van der Waals surface area (Å²) in [5.41, 5.74) is -1.87. The van der Waals surface area contributed by atoms with Crippen LogP contribution in [0.4, 0.5) is 0 Å². The topological polar surface area (TPSA) is 63.6 Å². The Kier molecular flexibility index (Phi) is 3.54. The Morgan fingerprint density at radius 3 is 2.06 bits per heavy atom. The van der Waals surface area contributed by atoms with Crippen LogP contribution in [0.25, 0.3) is 0 Å². The minimum absolute atomic E-state index is 0.288. The molecule has 1 aliphatic rings. The van der Waals surface area contributed by atoms with E-state index in [1.807, 2.05) is 41.5 Å². The van der Waals surface area contributed by atoms with Crippen LogP contribution in [0.3, 0.4) is 0 Å². The summed E-state index contributed by atoms with van der Waals surface area (Å²) < 4.78 is 5.46. The summed E-state index contributed by atoms with van der Waals surface area (Å²) in [6.45, 7) is 11.0. The van der Waals surface area contributed by atoms with E-state index < -0.39 is 28.3 Å². The lowest BCUT2D eigenvalue weighted by Gasteiger charge is -2.39. The molecule has 2 atom stereocenters. The maximum Gasteiger partial charge on any atom is 0.312 e. The normalized spacial score (nSPS) is 31.1. The average molecular weight is 256 g/mol. The molecule has 0 aromatic heterocycles. The predicted octanol–water partition coefficient (Wildman–Crippen LogP) is 2.86. The summed E-state index contributed by atoms with van der Waals surface area (Å²) in [4.78, 5) is 23.6. The second kappa shape index (κ2) is 4.25. The molecule has 4 nitrogen and oxygen atoms in total. The van der Waals surface area contributed by atoms with Crippen molar-refractivity contribution in [3.63, 3.8) is 0 Å². The molecule has 0 amide bonds. The van der Waals surface area contributed by atoms with Gasteiger partial charge in [-0.05, 0) is 46.0 Å². The molecule has 1 saturated carbocycles. The molecule has 0 saturated heterocycles. The minimum atomic E-state index is -0.827. The Labute approximate surface area is 109 Å². The third kappa shape index (κ3) is 2.38. The van der Waals surface area contributed by atoms with E-state index in [0.717, 1.165) is 0 Å². The van der Waals surface area contributed by atoms with Crippen LogP contribution in [-0.4, -0.2) is 22.6 Å². The first-order valence-corrected chi connectivity index (χ1v) is 6.38. The quantitative estimate of drug-likeness (QED) is 0.772. The van der Waals surface area contributed by atoms with Crippen molar-refractivity contribution in [2.45, 2.75) is 60.0 Å². The lowest BCUT2D eigenvalue weighted by molar-refractivity contribution is -0.174. The Morgan fingerprint density at radius 2 is 1.72 bits per heavy atom. The van der Waals surface area contributed by atoms with Gasteiger partial charge in [-0.1, -0.05) is 13.8 Å². The maximum atomic E-state index is 12.4. The molecular formula is C14H24O4. The number of ether oxygens (including phenoxy) is 1. The van der Waals surface area contributed by atoms with Crippen molar-refractivity contribution >= 4 is 11.9 Å². The molecule has 1 fully saturated rings. The Balaban J connectivity index is 3.01. The fourth-order valence-electron chi connectivity index (χ4n) is 2.69. The zero-order valence-corrected chi connectivity index (χ0v) is 12.2. The van der Waals surface area contributed by atoms with Crippen molar-refractivity contribution in [1.29, 1.82) is 0 Å². The van der Waals surface area contributed by atoms with Crippen molar-refractivity contribution in [2.75, 3.05) is 0 Å². The van der Waals surface area contributed by atoms with Crippen LogP contribution in [0.15, 0.2) is 0 Å². The molecule has 0 bridgehead atoms. The van der Waals surface area contributed by atoms with Gasteiger partial charge >= 0.3 is 11.9 Å². The lowest BCUT2D eigenvalue weighted by atomic mass is 9.65. The Morgan fingerprint density at radius 1 is 1.22 bits per heavy atom. The minimum Gasteiger partial charge on any atom is -0.481 e. The standard InChI is InChI=1S/C14H24O4/c1-12(2,3)18-11(17)14(6)8-7-9(10(15)16)13(14,4)5/h9H,7-8H2,1-6H3,(H,15,16). The van der Waals surface area contributed by atoms with Crippen molar-refractivity contribution in [3.8, 4) is 0 Å². The van der Waals surface area contributed by atoms with Gasteiger partial charge in [0.1, 0.15) is 5.60 Å². The molecule has 1 N–H and O–H groups in total. The highest BCUT2D eigenvalue weighted by molar-refractivity contribution is 5.81. The monoisotopic (exact) mass is 256 g/mol. The number of carboxylic acid groups (broad SMARTS) is 1. The predicted molar refractivity (Wildman–Crippen MR) is 68.1 cm³/mol. The van der Waals surface area contributed by atoms with E-state index in [1.54, 1.807) is 0 Å². The molecule has 0 aromatic carbocycles. The second-order valence-electron chi connectivity index (χ2n) is 6.99. The molecular weight excluding hydrogens is 232 g/mol. The SMILES string of the molecule is CC(C)(C)OC(=O)C1(C)CCC(C(=O)O)C1(C)C. The largest absolute Gasteiger partial charge is 0.481 e. The summed E-state index contributed by atoms with van der Waals surface area (Å²) in [7, 11) is 0. The molecule has 18 heavy (non-hydrogen) atoms. The van der Waals surface area contributed by atoms with Crippen LogP contribution >= 0.6 is 0 Å². The fourth-order valence-corrected chi connectivity index (χ4v) is 2.69. The first kappa shape index (κ1) is 15.0. The Hall–Kier alpha value is -1.06. The van der Waals surface area contributed by atoms with Gasteiger partial charge in [-0.15, -0.1) is 0 Å². The smallest absolute Gasteiger partial charge is 0.312 e. The molecule has 0 spiro atoms. The van der Waals surface area contributed by atoms with Crippen molar-refractivity contribution < 1.29 is 19.4 Å². The van der Waals surface area contributed by atoms with Crippen molar-refractivity contribution in [3.05, 3.63) is 0 Å². The van der Waals surface area contributed by atoms with E-state index in [0.29, 0.717) is 12.8 Å². The zero-order chi connectivity index (χ0) is 14.4. The van der Waals surface area contributed by atoms with E-state index in [9.17, 15) is 14.7 Å². The van der Waals surface area contributed by atoms with E-state index in [2.05, 4.69) is 0 Å². The van der Waals surface area contributed by atoms with Crippen LogP contribution in [0, 0.1) is 16.7 Å². The first-order chi connectivity index (χ1) is 7.92. The molecule has 0 radical (unpaired) electrons. The lowest BCUT2D eigenvalue weighted by Crippen LogP contribution is -2.45. The van der Waals surface area contributed by atoms with E-state index >= 15 is 0 Å². The molecule has 0 heterocycles. The third-order valence-corrected chi connectivity index (χ3v) is 4.37. The van der Waals surface area contributed by atoms with Gasteiger partial charge < -0.3 is 9.84 Å². The molecule has 0 aromatic rings. The van der Waals surface area contributed by atoms with Gasteiger partial charge in [0, 0.05) is 0 Å². The number of esters is 1. The van der Waals surface area contributed by atoms with Crippen LogP contribution in [0.1, 0.15) is 54.4 Å². The van der Waals surface area contributed by atoms with Gasteiger partial charge in [-0.3, -0.25) is 9.59 Å². The average Bonchev–Trinajstić information content (AvgIpc) is 2.36. The number of carbonyl (C=O) groups is 2. The van der Waals surface area contributed by atoms with Gasteiger partial charge in [-0.25, -0.2) is 0 Å². The summed E-state index contributed by atoms with van der Waals surface area (Å²) in [6, 6.07) is 0. The van der Waals surface area contributed by atoms with Crippen molar-refractivity contribution in [2.24, 2.45) is 16.7 Å². The number of hydrogen-bond donors (Lipinski definition) is 1. The maximum absolute atomic E-state index is 12.4. The fraction of sp³-hybridized carbons (Fsp3) is 0.857. The van der Waals surface area contributed by atoms with E-state index in [1.165, 1.54) is 0 Å². The van der Waals surface area contributed by atoms with Crippen LogP contribution in [-0.2, 0) is 14.3 Å². The van der Waals surface area contributed by atoms with Gasteiger partial charge in [-0.2, -0.15) is 0 Å². The molecule has 104 valence electrons. The zero-order valence-electron chi connectivity index (χ0n) is 12.2. The van der Waals surface area contributed by atoms with Gasteiger partial charge in [0.15, 0.2) is 0 Å². The van der Waals surface area contributed by atoms with Gasteiger partial charge in [0.25, 0.3) is 0 Å².